The Balaban J connectivity index is 2.72. The third kappa shape index (κ3) is 3.55. The van der Waals surface area contributed by atoms with Gasteiger partial charge in [-0.3, -0.25) is 0 Å². The first-order valence-electron chi connectivity index (χ1n) is 9.05. The van der Waals surface area contributed by atoms with Crippen molar-refractivity contribution in [3.8, 4) is 0 Å². The maximum absolute atomic E-state index is 11.6. The summed E-state index contributed by atoms with van der Waals surface area (Å²) < 4.78 is 0.767. The molecule has 1 saturated carbocycles. The molecular weight excluding hydrogens is 343 g/mol. The summed E-state index contributed by atoms with van der Waals surface area (Å²) in [4.78, 5) is 40.2. The first-order chi connectivity index (χ1) is 11.7. The van der Waals surface area contributed by atoms with Crippen LogP contribution in [0, 0.1) is 5.92 Å². The Bertz CT molecular complexity index is 759. The van der Waals surface area contributed by atoms with E-state index >= 15 is 0 Å². The summed E-state index contributed by atoms with van der Waals surface area (Å²) in [6.07, 6.45) is 10.4. The van der Waals surface area contributed by atoms with Crippen LogP contribution in [0.3, 0.4) is 0 Å². The van der Waals surface area contributed by atoms with E-state index in [0.717, 1.165) is 43.0 Å². The fourth-order valence-corrected chi connectivity index (χ4v) is 6.19. The van der Waals surface area contributed by atoms with Crippen LogP contribution >= 0.6 is 0 Å². The topological polar surface area (TPSA) is 51.2 Å². The van der Waals surface area contributed by atoms with E-state index in [2.05, 4.69) is 13.8 Å². The van der Waals surface area contributed by atoms with Gasteiger partial charge in [-0.05, 0) is 0 Å². The third-order valence-corrected chi connectivity index (χ3v) is 7.85. The first kappa shape index (κ1) is 19.1. The predicted octanol–water partition coefficient (Wildman–Crippen LogP) is 4.48. The van der Waals surface area contributed by atoms with E-state index in [4.69, 9.17) is 0 Å². The summed E-state index contributed by atoms with van der Waals surface area (Å²) >= 11 is -3.67. The van der Waals surface area contributed by atoms with E-state index in [1.165, 1.54) is 36.0 Å². The molecule has 0 aromatic carbocycles. The molecule has 4 heteroatoms. The standard InChI is InChI=1S/C17H27.3CO.Mn/c1-3-8-14-12-13-17(16(14)9-4-2)15-10-6-5-7-11-15;3*1-2;/h15H,3-12H2,1-2H3;;;;. The summed E-state index contributed by atoms with van der Waals surface area (Å²) in [5, 5.41) is 0. The Morgan fingerprint density at radius 1 is 0.917 bits per heavy atom. The van der Waals surface area contributed by atoms with Crippen molar-refractivity contribution >= 4 is 14.4 Å². The minimum absolute atomic E-state index is 0.382. The molecule has 24 heavy (non-hydrogen) atoms. The van der Waals surface area contributed by atoms with Crippen LogP contribution in [-0.4, -0.2) is 14.4 Å². The molecule has 0 unspecified atom stereocenters. The average Bonchev–Trinajstić information content (AvgIpc) is 2.97. The molecular formula is C20H27MnO3. The van der Waals surface area contributed by atoms with E-state index in [9.17, 15) is 14.4 Å². The fourth-order valence-electron chi connectivity index (χ4n) is 4.14. The van der Waals surface area contributed by atoms with Crippen molar-refractivity contribution in [2.75, 3.05) is 0 Å². The van der Waals surface area contributed by atoms with Crippen molar-refractivity contribution in [1.82, 2.24) is 0 Å². The van der Waals surface area contributed by atoms with Gasteiger partial charge in [0.2, 0.25) is 0 Å². The van der Waals surface area contributed by atoms with Gasteiger partial charge in [-0.25, -0.2) is 0 Å². The zero-order chi connectivity index (χ0) is 17.6. The molecule has 3 nitrogen and oxygen atoms in total. The van der Waals surface area contributed by atoms with Gasteiger partial charge in [0.15, 0.2) is 0 Å². The second-order valence-electron chi connectivity index (χ2n) is 6.71. The molecule has 0 spiro atoms. The Morgan fingerprint density at radius 3 is 2.00 bits per heavy atom. The Kier molecular flexibility index (Phi) is 6.93. The van der Waals surface area contributed by atoms with E-state index < -0.39 is 11.5 Å². The molecule has 0 aliphatic heterocycles. The van der Waals surface area contributed by atoms with Gasteiger partial charge in [0.1, 0.15) is 0 Å². The summed E-state index contributed by atoms with van der Waals surface area (Å²) in [7, 11) is 0. The molecule has 0 atom stereocenters. The Hall–Kier alpha value is -1.26. The summed E-state index contributed by atoms with van der Waals surface area (Å²) in [6.45, 7) is 4.30. The molecule has 0 aromatic heterocycles. The average molecular weight is 370 g/mol. The van der Waals surface area contributed by atoms with Crippen LogP contribution in [0.2, 0.25) is 0 Å². The molecule has 0 heterocycles. The van der Waals surface area contributed by atoms with Gasteiger partial charge in [-0.15, -0.1) is 0 Å². The zero-order valence-corrected chi connectivity index (χ0v) is 15.9. The first-order valence-corrected chi connectivity index (χ1v) is 11.4. The number of carbonyl (C=O) groups excluding carboxylic acids is 3. The van der Waals surface area contributed by atoms with Gasteiger partial charge >= 0.3 is 145 Å². The number of allylic oxidation sites excluding steroid dienone is 4. The fraction of sp³-hybridized carbons (Fsp3) is 0.650. The Labute approximate surface area is 145 Å². The molecule has 132 valence electrons. The number of rotatable bonds is 6. The summed E-state index contributed by atoms with van der Waals surface area (Å²) in [5.74, 6) is 0.382. The monoisotopic (exact) mass is 370 g/mol. The quantitative estimate of drug-likeness (QED) is 0.648. The van der Waals surface area contributed by atoms with E-state index in [1.54, 1.807) is 0 Å². The molecule has 0 aromatic rings. The van der Waals surface area contributed by atoms with Crippen molar-refractivity contribution in [1.29, 1.82) is 0 Å². The van der Waals surface area contributed by atoms with E-state index in [0.29, 0.717) is 12.3 Å². The van der Waals surface area contributed by atoms with Crippen molar-refractivity contribution in [2.45, 2.75) is 78.1 Å². The molecule has 0 amide bonds. The molecule has 0 N–H and O–H groups in total. The van der Waals surface area contributed by atoms with Crippen molar-refractivity contribution < 1.29 is 25.9 Å². The molecule has 2 aliphatic rings. The molecule has 2 rings (SSSR count). The molecule has 0 bridgehead atoms. The van der Waals surface area contributed by atoms with E-state index in [1.807, 2.05) is 14.4 Å². The summed E-state index contributed by atoms with van der Waals surface area (Å²) in [6, 6.07) is 0. The third-order valence-electron chi connectivity index (χ3n) is 5.17. The molecule has 2 aliphatic carbocycles. The van der Waals surface area contributed by atoms with Gasteiger partial charge in [0, 0.05) is 0 Å². The number of hydrogen-bond donors (Lipinski definition) is 0. The SMILES string of the molecule is CCCC1=C(CCC)C(C2CCCCC2)=[C]([Mn](=[C]=O)(=[C]=O)=[C]=O)C1. The van der Waals surface area contributed by atoms with Crippen LogP contribution in [0.1, 0.15) is 78.1 Å². The normalized spacial score (nSPS) is 19.2. The van der Waals surface area contributed by atoms with Crippen LogP contribution in [0.15, 0.2) is 21.2 Å². The van der Waals surface area contributed by atoms with E-state index in [-0.39, 0.29) is 0 Å². The number of hydrogen-bond acceptors (Lipinski definition) is 3. The van der Waals surface area contributed by atoms with Gasteiger partial charge in [0.05, 0.1) is 0 Å². The van der Waals surface area contributed by atoms with Gasteiger partial charge in [0.25, 0.3) is 0 Å². The van der Waals surface area contributed by atoms with Crippen LogP contribution in [0.5, 0.6) is 0 Å². The van der Waals surface area contributed by atoms with Crippen LogP contribution in [-0.2, 0) is 25.9 Å². The zero-order valence-electron chi connectivity index (χ0n) is 14.8. The van der Waals surface area contributed by atoms with Crippen molar-refractivity contribution in [2.24, 2.45) is 5.92 Å². The molecule has 0 radical (unpaired) electrons. The van der Waals surface area contributed by atoms with Crippen molar-refractivity contribution in [3.05, 3.63) is 21.2 Å². The van der Waals surface area contributed by atoms with Gasteiger partial charge < -0.3 is 0 Å². The van der Waals surface area contributed by atoms with Crippen LogP contribution in [0.25, 0.3) is 0 Å². The van der Waals surface area contributed by atoms with Crippen LogP contribution < -0.4 is 0 Å². The van der Waals surface area contributed by atoms with Crippen molar-refractivity contribution in [3.63, 3.8) is 0 Å². The maximum atomic E-state index is 11.6. The molecule has 0 saturated heterocycles. The minimum atomic E-state index is -3.67. The van der Waals surface area contributed by atoms with Gasteiger partial charge in [-0.2, -0.15) is 0 Å². The second kappa shape index (κ2) is 8.72. The second-order valence-corrected chi connectivity index (χ2v) is 9.92. The summed E-state index contributed by atoms with van der Waals surface area (Å²) in [5.41, 5.74) is 3.83. The predicted molar refractivity (Wildman–Crippen MR) is 92.1 cm³/mol. The van der Waals surface area contributed by atoms with Crippen LogP contribution in [0.4, 0.5) is 0 Å². The Morgan fingerprint density at radius 2 is 1.50 bits per heavy atom. The molecule has 1 fully saturated rings. The van der Waals surface area contributed by atoms with Gasteiger partial charge in [-0.1, -0.05) is 0 Å².